The number of rotatable bonds is 3. The molecule has 1 unspecified atom stereocenters. The average Bonchev–Trinajstić information content (AvgIpc) is 2.90. The van der Waals surface area contributed by atoms with E-state index in [1.54, 1.807) is 4.90 Å². The molecule has 1 heterocycles. The average molecular weight is 312 g/mol. The highest BCUT2D eigenvalue weighted by Gasteiger charge is 2.33. The van der Waals surface area contributed by atoms with Crippen LogP contribution in [0.15, 0.2) is 48.5 Å². The summed E-state index contributed by atoms with van der Waals surface area (Å²) in [4.78, 5) is 26.3. The molecule has 2 aromatic carbocycles. The van der Waals surface area contributed by atoms with Crippen molar-refractivity contribution in [3.05, 3.63) is 65.5 Å². The number of hydrogen-bond donors (Lipinski definition) is 1. The summed E-state index contributed by atoms with van der Waals surface area (Å²) in [7, 11) is 0. The topological polar surface area (TPSA) is 49.4 Å². The van der Waals surface area contributed by atoms with Gasteiger partial charge in [0.1, 0.15) is 11.9 Å². The zero-order chi connectivity index (χ0) is 16.4. The van der Waals surface area contributed by atoms with Crippen LogP contribution in [-0.2, 0) is 4.79 Å². The first kappa shape index (κ1) is 15.2. The molecule has 5 heteroatoms. The van der Waals surface area contributed by atoms with Gasteiger partial charge in [-0.1, -0.05) is 17.7 Å². The van der Waals surface area contributed by atoms with Gasteiger partial charge in [0.05, 0.1) is 0 Å². The van der Waals surface area contributed by atoms with Crippen molar-refractivity contribution >= 4 is 17.5 Å². The molecule has 0 saturated carbocycles. The molecule has 2 aromatic rings. The molecular weight excluding hydrogens is 295 g/mol. The molecule has 118 valence electrons. The van der Waals surface area contributed by atoms with Crippen LogP contribution < -0.4 is 10.2 Å². The molecule has 1 aliphatic heterocycles. The standard InChI is InChI=1S/C18H17FN2O2/c1-12-2-8-15(9-3-12)21-11-10-16(18(21)23)20-17(22)13-4-6-14(19)7-5-13/h2-9,16H,10-11H2,1H3,(H,20,22). The van der Waals surface area contributed by atoms with E-state index in [0.29, 0.717) is 18.5 Å². The summed E-state index contributed by atoms with van der Waals surface area (Å²) in [5.41, 5.74) is 2.30. The number of carbonyl (C=O) groups is 2. The molecule has 1 atom stereocenters. The first-order chi connectivity index (χ1) is 11.0. The zero-order valence-corrected chi connectivity index (χ0v) is 12.8. The van der Waals surface area contributed by atoms with Crippen LogP contribution >= 0.6 is 0 Å². The van der Waals surface area contributed by atoms with Gasteiger partial charge in [-0.3, -0.25) is 9.59 Å². The van der Waals surface area contributed by atoms with Crippen LogP contribution in [0.2, 0.25) is 0 Å². The molecule has 1 saturated heterocycles. The maximum absolute atomic E-state index is 12.9. The SMILES string of the molecule is Cc1ccc(N2CCC(NC(=O)c3ccc(F)cc3)C2=O)cc1. The van der Waals surface area contributed by atoms with Crippen molar-refractivity contribution in [3.8, 4) is 0 Å². The normalized spacial score (nSPS) is 17.4. The fourth-order valence-electron chi connectivity index (χ4n) is 2.64. The zero-order valence-electron chi connectivity index (χ0n) is 12.8. The minimum Gasteiger partial charge on any atom is -0.340 e. The van der Waals surface area contributed by atoms with E-state index in [2.05, 4.69) is 5.32 Å². The van der Waals surface area contributed by atoms with Crippen molar-refractivity contribution in [2.45, 2.75) is 19.4 Å². The van der Waals surface area contributed by atoms with Crippen LogP contribution in [0.5, 0.6) is 0 Å². The molecular formula is C18H17FN2O2. The quantitative estimate of drug-likeness (QED) is 0.947. The highest BCUT2D eigenvalue weighted by Crippen LogP contribution is 2.22. The van der Waals surface area contributed by atoms with Crippen LogP contribution in [0.1, 0.15) is 22.3 Å². The Morgan fingerprint density at radius 3 is 2.43 bits per heavy atom. The molecule has 3 rings (SSSR count). The van der Waals surface area contributed by atoms with Gasteiger partial charge in [-0.15, -0.1) is 0 Å². The van der Waals surface area contributed by atoms with Crippen molar-refractivity contribution in [2.24, 2.45) is 0 Å². The molecule has 0 aromatic heterocycles. The Bertz CT molecular complexity index is 726. The monoisotopic (exact) mass is 312 g/mol. The van der Waals surface area contributed by atoms with Crippen LogP contribution in [0.4, 0.5) is 10.1 Å². The van der Waals surface area contributed by atoms with E-state index < -0.39 is 11.9 Å². The molecule has 23 heavy (non-hydrogen) atoms. The van der Waals surface area contributed by atoms with E-state index in [-0.39, 0.29) is 11.8 Å². The molecule has 1 fully saturated rings. The number of halogens is 1. The summed E-state index contributed by atoms with van der Waals surface area (Å²) >= 11 is 0. The van der Waals surface area contributed by atoms with Gasteiger partial charge in [0.25, 0.3) is 5.91 Å². The maximum Gasteiger partial charge on any atom is 0.251 e. The molecule has 1 N–H and O–H groups in total. The van der Waals surface area contributed by atoms with E-state index in [4.69, 9.17) is 0 Å². The largest absolute Gasteiger partial charge is 0.340 e. The highest BCUT2D eigenvalue weighted by molar-refractivity contribution is 6.03. The van der Waals surface area contributed by atoms with E-state index in [0.717, 1.165) is 11.3 Å². The minimum atomic E-state index is -0.547. The number of benzene rings is 2. The van der Waals surface area contributed by atoms with Gasteiger partial charge in [-0.2, -0.15) is 0 Å². The lowest BCUT2D eigenvalue weighted by atomic mass is 10.2. The Morgan fingerprint density at radius 1 is 1.13 bits per heavy atom. The second kappa shape index (κ2) is 6.20. The Kier molecular flexibility index (Phi) is 4.10. The van der Waals surface area contributed by atoms with Crippen molar-refractivity contribution in [3.63, 3.8) is 0 Å². The number of carbonyl (C=O) groups excluding carboxylic acids is 2. The molecule has 0 bridgehead atoms. The van der Waals surface area contributed by atoms with Crippen molar-refractivity contribution in [2.75, 3.05) is 11.4 Å². The third-order valence-electron chi connectivity index (χ3n) is 3.96. The summed E-state index contributed by atoms with van der Waals surface area (Å²) < 4.78 is 12.9. The fourth-order valence-corrected chi connectivity index (χ4v) is 2.64. The Balaban J connectivity index is 1.68. The summed E-state index contributed by atoms with van der Waals surface area (Å²) in [6.07, 6.45) is 0.555. The lowest BCUT2D eigenvalue weighted by Gasteiger charge is -2.17. The van der Waals surface area contributed by atoms with Gasteiger partial charge < -0.3 is 10.2 Å². The lowest BCUT2D eigenvalue weighted by molar-refractivity contribution is -0.118. The number of anilines is 1. The number of aryl methyl sites for hydroxylation is 1. The smallest absolute Gasteiger partial charge is 0.251 e. The minimum absolute atomic E-state index is 0.121. The predicted octanol–water partition coefficient (Wildman–Crippen LogP) is 2.67. The van der Waals surface area contributed by atoms with Crippen molar-refractivity contribution < 1.29 is 14.0 Å². The first-order valence-corrected chi connectivity index (χ1v) is 7.49. The van der Waals surface area contributed by atoms with Gasteiger partial charge >= 0.3 is 0 Å². The van der Waals surface area contributed by atoms with Gasteiger partial charge in [0.15, 0.2) is 0 Å². The lowest BCUT2D eigenvalue weighted by Crippen LogP contribution is -2.41. The molecule has 4 nitrogen and oxygen atoms in total. The van der Waals surface area contributed by atoms with Crippen molar-refractivity contribution in [1.82, 2.24) is 5.32 Å². The number of hydrogen-bond acceptors (Lipinski definition) is 2. The number of nitrogens with zero attached hydrogens (tertiary/aromatic N) is 1. The maximum atomic E-state index is 12.9. The van der Waals surface area contributed by atoms with E-state index in [1.165, 1.54) is 24.3 Å². The van der Waals surface area contributed by atoms with Gasteiger partial charge in [-0.05, 0) is 49.7 Å². The second-order valence-corrected chi connectivity index (χ2v) is 5.65. The van der Waals surface area contributed by atoms with Gasteiger partial charge in [0.2, 0.25) is 5.91 Å². The first-order valence-electron chi connectivity index (χ1n) is 7.49. The predicted molar refractivity (Wildman–Crippen MR) is 85.8 cm³/mol. The van der Waals surface area contributed by atoms with Crippen LogP contribution in [-0.4, -0.2) is 24.4 Å². The van der Waals surface area contributed by atoms with Gasteiger partial charge in [0, 0.05) is 17.8 Å². The number of amides is 2. The molecule has 0 spiro atoms. The van der Waals surface area contributed by atoms with Crippen LogP contribution in [0.25, 0.3) is 0 Å². The summed E-state index contributed by atoms with van der Waals surface area (Å²) in [5, 5.41) is 2.72. The van der Waals surface area contributed by atoms with E-state index in [1.807, 2.05) is 31.2 Å². The summed E-state index contributed by atoms with van der Waals surface area (Å²) in [5.74, 6) is -0.887. The summed E-state index contributed by atoms with van der Waals surface area (Å²) in [6, 6.07) is 12.4. The fraction of sp³-hybridized carbons (Fsp3) is 0.222. The van der Waals surface area contributed by atoms with Crippen LogP contribution in [0, 0.1) is 12.7 Å². The molecule has 1 aliphatic rings. The van der Waals surface area contributed by atoms with Gasteiger partial charge in [-0.25, -0.2) is 4.39 Å². The van der Waals surface area contributed by atoms with E-state index >= 15 is 0 Å². The molecule has 0 radical (unpaired) electrons. The second-order valence-electron chi connectivity index (χ2n) is 5.65. The highest BCUT2D eigenvalue weighted by atomic mass is 19.1. The van der Waals surface area contributed by atoms with Crippen LogP contribution in [0.3, 0.4) is 0 Å². The Hall–Kier alpha value is -2.69. The van der Waals surface area contributed by atoms with Crippen molar-refractivity contribution in [1.29, 1.82) is 0 Å². The summed E-state index contributed by atoms with van der Waals surface area (Å²) in [6.45, 7) is 2.55. The third kappa shape index (κ3) is 3.23. The Morgan fingerprint density at radius 2 is 1.78 bits per heavy atom. The van der Waals surface area contributed by atoms with E-state index in [9.17, 15) is 14.0 Å². The molecule has 2 amide bonds. The number of nitrogens with one attached hydrogen (secondary N) is 1. The Labute approximate surface area is 133 Å². The third-order valence-corrected chi connectivity index (χ3v) is 3.96. The molecule has 0 aliphatic carbocycles.